The molecule has 330 valence electrons. The van der Waals surface area contributed by atoms with Crippen LogP contribution in [0.5, 0.6) is 0 Å². The molecule has 0 aromatic heterocycles. The van der Waals surface area contributed by atoms with Gasteiger partial charge in [-0.05, 0) is 85.9 Å². The lowest BCUT2D eigenvalue weighted by Crippen LogP contribution is -2.61. The first kappa shape index (κ1) is 46.6. The van der Waals surface area contributed by atoms with Crippen LogP contribution in [0.2, 0.25) is 0 Å². The third-order valence-electron chi connectivity index (χ3n) is 13.1. The standard InChI is InChI=1S/C45H68N2O12/c1-12-35-45(9)39(47(43(52)59-45)21-17-16-20-32-18-14-13-15-19-32)28(4)36(50)26(2)23-44(8)40(29(5)37(30(6)41(51)57-35)53-24-33(49)25-54-44)58-42-38(56-31(7)48)34(46(10)11)22-27(3)55-42/h13-15,18-19,26-30,34-35,37-40,42H,12,16-17,20-25H2,1-11H3/t26-,27-,28+,29+,30-,34+,35-,37-,38-,39-,40-,42?,44+,45-/m1/s1. The molecule has 4 heterocycles. The van der Waals surface area contributed by atoms with Crippen LogP contribution in [0.3, 0.4) is 0 Å². The van der Waals surface area contributed by atoms with Crippen LogP contribution in [0.1, 0.15) is 100.0 Å². The summed E-state index contributed by atoms with van der Waals surface area (Å²) in [6, 6.07) is 9.11. The van der Waals surface area contributed by atoms with Crippen LogP contribution < -0.4 is 0 Å². The number of hydrogen-bond acceptors (Lipinski definition) is 13. The molecule has 14 heteroatoms. The number of Topliss-reactive ketones (excluding diaryl/α,β-unsaturated/α-hetero) is 2. The number of carbonyl (C=O) groups excluding carboxylic acids is 5. The summed E-state index contributed by atoms with van der Waals surface area (Å²) in [6.45, 7) is 15.6. The number of ether oxygens (including phenoxy) is 7. The SMILES string of the molecule is CC[C@H]1OC(=O)[C@H](C)[C@@H]2OCC(=O)CO[C@@](C)(C[C@@H](C)C(=O)[C@H](C)[C@H]3N(CCCCc4ccccc4)C(=O)O[C@]13C)[C@H](OC1O[C@H](C)C[C@H](N(C)C)[C@H]1OC(C)=O)[C@H]2C. The third-order valence-corrected chi connectivity index (χ3v) is 13.1. The van der Waals surface area contributed by atoms with Crippen molar-refractivity contribution >= 4 is 29.6 Å². The Hall–Kier alpha value is -3.43. The largest absolute Gasteiger partial charge is 0.458 e. The molecule has 1 aromatic carbocycles. The number of esters is 2. The van der Waals surface area contributed by atoms with Gasteiger partial charge in [0.1, 0.15) is 25.1 Å². The number of likely N-dealkylation sites (N-methyl/N-ethyl adjacent to an activating group) is 1. The second-order valence-electron chi connectivity index (χ2n) is 18.0. The summed E-state index contributed by atoms with van der Waals surface area (Å²) in [7, 11) is 3.80. The van der Waals surface area contributed by atoms with Crippen LogP contribution in [-0.4, -0.2) is 133 Å². The van der Waals surface area contributed by atoms with Gasteiger partial charge in [0.25, 0.3) is 0 Å². The van der Waals surface area contributed by atoms with Crippen molar-refractivity contribution in [3.05, 3.63) is 35.9 Å². The molecular weight excluding hydrogens is 760 g/mol. The maximum Gasteiger partial charge on any atom is 0.410 e. The molecule has 4 fully saturated rings. The molecule has 4 saturated heterocycles. The highest BCUT2D eigenvalue weighted by atomic mass is 16.7. The quantitative estimate of drug-likeness (QED) is 0.165. The molecule has 5 rings (SSSR count). The van der Waals surface area contributed by atoms with Gasteiger partial charge in [-0.3, -0.25) is 19.2 Å². The second kappa shape index (κ2) is 19.5. The highest BCUT2D eigenvalue weighted by molar-refractivity contribution is 5.85. The van der Waals surface area contributed by atoms with Gasteiger partial charge in [-0.25, -0.2) is 4.79 Å². The van der Waals surface area contributed by atoms with Crippen LogP contribution in [0.25, 0.3) is 0 Å². The van der Waals surface area contributed by atoms with E-state index in [1.807, 2.05) is 78.7 Å². The van der Waals surface area contributed by atoms with Crippen LogP contribution in [0.4, 0.5) is 4.79 Å². The van der Waals surface area contributed by atoms with Crippen LogP contribution in [0, 0.1) is 23.7 Å². The van der Waals surface area contributed by atoms with Gasteiger partial charge in [0.15, 0.2) is 23.8 Å². The number of aryl methyl sites for hydroxylation is 1. The normalized spacial score (nSPS) is 38.7. The maximum atomic E-state index is 14.9. The van der Waals surface area contributed by atoms with E-state index in [4.69, 9.17) is 33.2 Å². The van der Waals surface area contributed by atoms with E-state index < -0.39 is 89.7 Å². The Morgan fingerprint density at radius 3 is 2.31 bits per heavy atom. The predicted octanol–water partition coefficient (Wildman–Crippen LogP) is 5.55. The lowest BCUT2D eigenvalue weighted by Gasteiger charge is -2.49. The number of nitrogens with zero attached hydrogens (tertiary/aromatic N) is 2. The molecule has 1 amide bonds. The van der Waals surface area contributed by atoms with E-state index in [2.05, 4.69) is 12.1 Å². The van der Waals surface area contributed by atoms with E-state index in [-0.39, 0.29) is 43.3 Å². The van der Waals surface area contributed by atoms with Crippen LogP contribution >= 0.6 is 0 Å². The highest BCUT2D eigenvalue weighted by Gasteiger charge is 2.60. The van der Waals surface area contributed by atoms with Crippen molar-refractivity contribution in [1.82, 2.24) is 9.80 Å². The minimum Gasteiger partial charge on any atom is -0.458 e. The number of hydrogen-bond donors (Lipinski definition) is 0. The van der Waals surface area contributed by atoms with Crippen molar-refractivity contribution in [2.45, 2.75) is 161 Å². The van der Waals surface area contributed by atoms with Crippen molar-refractivity contribution in [1.29, 1.82) is 0 Å². The summed E-state index contributed by atoms with van der Waals surface area (Å²) in [4.78, 5) is 72.7. The predicted molar refractivity (Wildman–Crippen MR) is 217 cm³/mol. The monoisotopic (exact) mass is 828 g/mol. The molecule has 0 N–H and O–H groups in total. The molecule has 4 aliphatic rings. The Labute approximate surface area is 350 Å². The highest BCUT2D eigenvalue weighted by Crippen LogP contribution is 2.44. The Bertz CT molecular complexity index is 1640. The van der Waals surface area contributed by atoms with E-state index in [0.717, 1.165) is 12.8 Å². The smallest absolute Gasteiger partial charge is 0.410 e. The average Bonchev–Trinajstić information content (AvgIpc) is 3.46. The number of ketones is 2. The van der Waals surface area contributed by atoms with Gasteiger partial charge in [0.2, 0.25) is 0 Å². The van der Waals surface area contributed by atoms with Gasteiger partial charge < -0.3 is 43.0 Å². The van der Waals surface area contributed by atoms with Gasteiger partial charge in [-0.1, -0.05) is 58.0 Å². The molecule has 59 heavy (non-hydrogen) atoms. The number of rotatable bonds is 10. The van der Waals surface area contributed by atoms with E-state index in [1.165, 1.54) is 12.5 Å². The summed E-state index contributed by atoms with van der Waals surface area (Å²) in [5.74, 6) is -4.63. The van der Waals surface area contributed by atoms with Crippen molar-refractivity contribution in [3.63, 3.8) is 0 Å². The Morgan fingerprint density at radius 2 is 1.66 bits per heavy atom. The zero-order chi connectivity index (χ0) is 43.4. The van der Waals surface area contributed by atoms with E-state index in [1.54, 1.807) is 18.7 Å². The fourth-order valence-corrected chi connectivity index (χ4v) is 10.1. The fourth-order valence-electron chi connectivity index (χ4n) is 10.1. The number of fused-ring (bicyclic) bond motifs is 4. The van der Waals surface area contributed by atoms with Gasteiger partial charge in [0, 0.05) is 31.2 Å². The third kappa shape index (κ3) is 10.4. The number of unbranched alkanes of at least 4 members (excludes halogenated alkanes) is 1. The molecule has 2 bridgehead atoms. The molecule has 1 aromatic rings. The summed E-state index contributed by atoms with van der Waals surface area (Å²) < 4.78 is 44.7. The molecule has 14 atom stereocenters. The lowest BCUT2D eigenvalue weighted by molar-refractivity contribution is -0.304. The number of carbonyl (C=O) groups is 5. The van der Waals surface area contributed by atoms with Gasteiger partial charge in [-0.15, -0.1) is 0 Å². The van der Waals surface area contributed by atoms with E-state index >= 15 is 0 Å². The molecule has 14 nitrogen and oxygen atoms in total. The zero-order valence-electron chi connectivity index (χ0n) is 37.0. The second-order valence-corrected chi connectivity index (χ2v) is 18.0. The number of benzene rings is 1. The van der Waals surface area contributed by atoms with Crippen LogP contribution in [0.15, 0.2) is 30.3 Å². The fraction of sp³-hybridized carbons (Fsp3) is 0.756. The van der Waals surface area contributed by atoms with Gasteiger partial charge >= 0.3 is 18.0 Å². The van der Waals surface area contributed by atoms with E-state index in [0.29, 0.717) is 25.8 Å². The topological polar surface area (TPSA) is 156 Å². The Kier molecular flexibility index (Phi) is 15.4. The molecule has 4 aliphatic heterocycles. The average molecular weight is 829 g/mol. The first-order valence-corrected chi connectivity index (χ1v) is 21.5. The molecule has 0 radical (unpaired) electrons. The Balaban J connectivity index is 1.56. The van der Waals surface area contributed by atoms with Crippen LogP contribution in [-0.2, 0) is 58.8 Å². The van der Waals surface area contributed by atoms with Gasteiger partial charge in [0.05, 0.1) is 41.9 Å². The van der Waals surface area contributed by atoms with Crippen molar-refractivity contribution in [2.75, 3.05) is 33.9 Å². The van der Waals surface area contributed by atoms with Crippen molar-refractivity contribution < 1.29 is 57.1 Å². The molecular formula is C45H68N2O12. The molecule has 1 unspecified atom stereocenters. The number of amides is 1. The van der Waals surface area contributed by atoms with Crippen molar-refractivity contribution in [2.24, 2.45) is 23.7 Å². The molecule has 0 aliphatic carbocycles. The minimum absolute atomic E-state index is 0.105. The van der Waals surface area contributed by atoms with E-state index in [9.17, 15) is 24.0 Å². The lowest BCUT2D eigenvalue weighted by atomic mass is 9.73. The first-order valence-electron chi connectivity index (χ1n) is 21.5. The summed E-state index contributed by atoms with van der Waals surface area (Å²) >= 11 is 0. The molecule has 0 saturated carbocycles. The molecule has 0 spiro atoms. The first-order chi connectivity index (χ1) is 27.8. The Morgan fingerprint density at radius 1 is 0.966 bits per heavy atom. The maximum absolute atomic E-state index is 14.9. The summed E-state index contributed by atoms with van der Waals surface area (Å²) in [5, 5.41) is 0. The van der Waals surface area contributed by atoms with Gasteiger partial charge in [-0.2, -0.15) is 0 Å². The van der Waals surface area contributed by atoms with Crippen molar-refractivity contribution in [3.8, 4) is 0 Å². The zero-order valence-corrected chi connectivity index (χ0v) is 37.0. The summed E-state index contributed by atoms with van der Waals surface area (Å²) in [5.41, 5.74) is -1.50. The number of cyclic esters (lactones) is 1. The minimum atomic E-state index is -1.36. The summed E-state index contributed by atoms with van der Waals surface area (Å²) in [6.07, 6.45) is -2.25.